The summed E-state index contributed by atoms with van der Waals surface area (Å²) < 4.78 is 5.91. The maximum atomic E-state index is 8.78. The third-order valence-corrected chi connectivity index (χ3v) is 3.14. The normalized spacial score (nSPS) is 10.4. The number of ether oxygens (including phenoxy) is 1. The lowest BCUT2D eigenvalue weighted by Gasteiger charge is -2.10. The molecule has 0 atom stereocenters. The number of hydrogen-bond acceptors (Lipinski definition) is 2. The number of rotatable bonds is 8. The van der Waals surface area contributed by atoms with E-state index in [9.17, 15) is 0 Å². The molecule has 0 amide bonds. The van der Waals surface area contributed by atoms with E-state index in [2.05, 4.69) is 23.5 Å². The van der Waals surface area contributed by atoms with Gasteiger partial charge in [-0.25, -0.2) is 0 Å². The Bertz CT molecular complexity index is 499. The molecule has 0 spiro atoms. The minimum Gasteiger partial charge on any atom is -0.488 e. The van der Waals surface area contributed by atoms with E-state index in [-0.39, 0.29) is 6.61 Å². The van der Waals surface area contributed by atoms with E-state index in [4.69, 9.17) is 9.84 Å². The molecule has 106 valence electrons. The molecule has 0 fully saturated rings. The van der Waals surface area contributed by atoms with Crippen LogP contribution in [-0.4, -0.2) is 18.3 Å². The van der Waals surface area contributed by atoms with Gasteiger partial charge in [-0.2, -0.15) is 0 Å². The van der Waals surface area contributed by atoms with Crippen LogP contribution in [-0.2, 0) is 13.2 Å². The summed E-state index contributed by atoms with van der Waals surface area (Å²) in [5, 5.41) is 11.0. The molecule has 2 aromatic carbocycles. The van der Waals surface area contributed by atoms with Crippen molar-refractivity contribution in [2.75, 3.05) is 13.2 Å². The number of quaternary nitrogens is 1. The van der Waals surface area contributed by atoms with Gasteiger partial charge in [-0.15, -0.1) is 0 Å². The molecule has 0 radical (unpaired) electrons. The van der Waals surface area contributed by atoms with Crippen molar-refractivity contribution in [2.45, 2.75) is 19.6 Å². The summed E-state index contributed by atoms with van der Waals surface area (Å²) in [4.78, 5) is 0. The van der Waals surface area contributed by atoms with Gasteiger partial charge >= 0.3 is 0 Å². The molecule has 0 saturated carbocycles. The van der Waals surface area contributed by atoms with E-state index in [1.54, 1.807) is 0 Å². The average molecular weight is 272 g/mol. The van der Waals surface area contributed by atoms with E-state index in [0.29, 0.717) is 6.61 Å². The van der Waals surface area contributed by atoms with Crippen molar-refractivity contribution in [3.63, 3.8) is 0 Å². The number of aliphatic hydroxyl groups is 1. The fourth-order valence-electron chi connectivity index (χ4n) is 2.04. The van der Waals surface area contributed by atoms with Crippen LogP contribution in [0.3, 0.4) is 0 Å². The molecule has 3 N–H and O–H groups in total. The number of benzene rings is 2. The quantitative estimate of drug-likeness (QED) is 0.719. The van der Waals surface area contributed by atoms with Gasteiger partial charge in [0.2, 0.25) is 0 Å². The van der Waals surface area contributed by atoms with Gasteiger partial charge in [-0.05, 0) is 17.7 Å². The third-order valence-electron chi connectivity index (χ3n) is 3.14. The lowest BCUT2D eigenvalue weighted by molar-refractivity contribution is -0.671. The molecule has 0 aliphatic carbocycles. The molecule has 3 heteroatoms. The molecule has 2 aromatic rings. The predicted octanol–water partition coefficient (Wildman–Crippen LogP) is 1.71. The van der Waals surface area contributed by atoms with Crippen LogP contribution in [0, 0.1) is 0 Å². The molecule has 3 nitrogen and oxygen atoms in total. The standard InChI is InChI=1S/C17H21NO2/c19-12-6-11-18-13-16-9-4-5-10-17(16)20-14-15-7-2-1-3-8-15/h1-5,7-10,18-19H,6,11-14H2/p+1. The predicted molar refractivity (Wildman–Crippen MR) is 79.4 cm³/mol. The fraction of sp³-hybridized carbons (Fsp3) is 0.294. The van der Waals surface area contributed by atoms with Crippen LogP contribution >= 0.6 is 0 Å². The second-order valence-electron chi connectivity index (χ2n) is 4.74. The Morgan fingerprint density at radius 3 is 2.50 bits per heavy atom. The van der Waals surface area contributed by atoms with Crippen LogP contribution in [0.25, 0.3) is 0 Å². The molecule has 0 saturated heterocycles. The first-order chi connectivity index (χ1) is 9.90. The lowest BCUT2D eigenvalue weighted by Crippen LogP contribution is -2.82. The van der Waals surface area contributed by atoms with E-state index in [1.165, 1.54) is 11.1 Å². The molecule has 0 aromatic heterocycles. The van der Waals surface area contributed by atoms with Gasteiger partial charge in [-0.1, -0.05) is 42.5 Å². The number of aliphatic hydroxyl groups excluding tert-OH is 1. The van der Waals surface area contributed by atoms with E-state index in [1.807, 2.05) is 36.4 Å². The zero-order valence-electron chi connectivity index (χ0n) is 11.7. The Hall–Kier alpha value is -1.84. The Labute approximate surface area is 120 Å². The summed E-state index contributed by atoms with van der Waals surface area (Å²) >= 11 is 0. The van der Waals surface area contributed by atoms with Gasteiger partial charge in [0, 0.05) is 18.6 Å². The van der Waals surface area contributed by atoms with Crippen molar-refractivity contribution < 1.29 is 15.2 Å². The highest BCUT2D eigenvalue weighted by Crippen LogP contribution is 2.18. The Balaban J connectivity index is 1.90. The maximum Gasteiger partial charge on any atom is 0.128 e. The second kappa shape index (κ2) is 8.35. The molecular weight excluding hydrogens is 250 g/mol. The molecule has 0 bridgehead atoms. The van der Waals surface area contributed by atoms with Crippen molar-refractivity contribution in [3.05, 3.63) is 65.7 Å². The van der Waals surface area contributed by atoms with Crippen molar-refractivity contribution in [1.29, 1.82) is 0 Å². The Morgan fingerprint density at radius 1 is 0.950 bits per heavy atom. The molecule has 2 rings (SSSR count). The largest absolute Gasteiger partial charge is 0.488 e. The highest BCUT2D eigenvalue weighted by Gasteiger charge is 2.04. The Kier molecular flexibility index (Phi) is 6.08. The first-order valence-corrected chi connectivity index (χ1v) is 7.07. The summed E-state index contributed by atoms with van der Waals surface area (Å²) in [6.45, 7) is 2.66. The van der Waals surface area contributed by atoms with Crippen LogP contribution in [0.15, 0.2) is 54.6 Å². The van der Waals surface area contributed by atoms with Crippen molar-refractivity contribution in [1.82, 2.24) is 0 Å². The van der Waals surface area contributed by atoms with E-state index >= 15 is 0 Å². The number of para-hydroxylation sites is 1. The highest BCUT2D eigenvalue weighted by molar-refractivity contribution is 5.32. The van der Waals surface area contributed by atoms with E-state index < -0.39 is 0 Å². The average Bonchev–Trinajstić information content (AvgIpc) is 2.51. The van der Waals surface area contributed by atoms with Gasteiger partial charge in [-0.3, -0.25) is 0 Å². The van der Waals surface area contributed by atoms with Crippen LogP contribution in [0.5, 0.6) is 5.75 Å². The van der Waals surface area contributed by atoms with Gasteiger partial charge in [0.05, 0.1) is 6.54 Å². The zero-order chi connectivity index (χ0) is 14.0. The van der Waals surface area contributed by atoms with Crippen LogP contribution < -0.4 is 10.1 Å². The van der Waals surface area contributed by atoms with Crippen LogP contribution in [0.4, 0.5) is 0 Å². The lowest BCUT2D eigenvalue weighted by atomic mass is 10.2. The highest BCUT2D eigenvalue weighted by atomic mass is 16.5. The minimum absolute atomic E-state index is 0.253. The van der Waals surface area contributed by atoms with Gasteiger partial charge in [0.15, 0.2) is 0 Å². The monoisotopic (exact) mass is 272 g/mol. The Morgan fingerprint density at radius 2 is 1.70 bits per heavy atom. The van der Waals surface area contributed by atoms with Crippen molar-refractivity contribution >= 4 is 0 Å². The van der Waals surface area contributed by atoms with Crippen LogP contribution in [0.2, 0.25) is 0 Å². The first kappa shape index (κ1) is 14.6. The molecule has 0 aliphatic heterocycles. The summed E-state index contributed by atoms with van der Waals surface area (Å²) in [7, 11) is 0. The molecule has 0 unspecified atom stereocenters. The first-order valence-electron chi connectivity index (χ1n) is 7.07. The third kappa shape index (κ3) is 4.68. The van der Waals surface area contributed by atoms with Crippen molar-refractivity contribution in [3.8, 4) is 5.75 Å². The van der Waals surface area contributed by atoms with Gasteiger partial charge < -0.3 is 15.2 Å². The SMILES string of the molecule is OCCC[NH2+]Cc1ccccc1OCc1ccccc1. The van der Waals surface area contributed by atoms with E-state index in [0.717, 1.165) is 25.3 Å². The molecule has 0 heterocycles. The van der Waals surface area contributed by atoms with Crippen molar-refractivity contribution in [2.24, 2.45) is 0 Å². The van der Waals surface area contributed by atoms with Gasteiger partial charge in [0.25, 0.3) is 0 Å². The second-order valence-corrected chi connectivity index (χ2v) is 4.74. The minimum atomic E-state index is 0.253. The van der Waals surface area contributed by atoms with Crippen LogP contribution in [0.1, 0.15) is 17.5 Å². The number of hydrogen-bond donors (Lipinski definition) is 2. The zero-order valence-corrected chi connectivity index (χ0v) is 11.7. The number of nitrogens with two attached hydrogens (primary N) is 1. The smallest absolute Gasteiger partial charge is 0.128 e. The summed E-state index contributed by atoms with van der Waals surface area (Å²) in [6.07, 6.45) is 0.826. The summed E-state index contributed by atoms with van der Waals surface area (Å²) in [5.74, 6) is 0.941. The maximum absolute atomic E-state index is 8.78. The van der Waals surface area contributed by atoms with Gasteiger partial charge in [0.1, 0.15) is 18.9 Å². The fourth-order valence-corrected chi connectivity index (χ4v) is 2.04. The molecule has 0 aliphatic rings. The molecule has 20 heavy (non-hydrogen) atoms. The molecular formula is C17H22NO2+. The summed E-state index contributed by atoms with van der Waals surface area (Å²) in [6, 6.07) is 18.3. The topological polar surface area (TPSA) is 46.1 Å². The summed E-state index contributed by atoms with van der Waals surface area (Å²) in [5.41, 5.74) is 2.37.